The van der Waals surface area contributed by atoms with Gasteiger partial charge in [-0.2, -0.15) is 5.26 Å². The van der Waals surface area contributed by atoms with Crippen molar-refractivity contribution in [2.24, 2.45) is 0 Å². The summed E-state index contributed by atoms with van der Waals surface area (Å²) >= 11 is 0. The van der Waals surface area contributed by atoms with Gasteiger partial charge in [-0.25, -0.2) is 0 Å². The topological polar surface area (TPSA) is 67.0 Å². The number of carbonyl (C=O) groups is 1. The Morgan fingerprint density at radius 2 is 2.05 bits per heavy atom. The highest BCUT2D eigenvalue weighted by atomic mass is 16.5. The number of hydrogen-bond donors (Lipinski definition) is 1. The summed E-state index contributed by atoms with van der Waals surface area (Å²) in [7, 11) is 1.56. The van der Waals surface area contributed by atoms with Crippen molar-refractivity contribution in [2.75, 3.05) is 12.4 Å². The van der Waals surface area contributed by atoms with Crippen molar-refractivity contribution in [1.82, 2.24) is 4.57 Å². The van der Waals surface area contributed by atoms with Gasteiger partial charge in [0.15, 0.2) is 0 Å². The van der Waals surface area contributed by atoms with Crippen molar-refractivity contribution in [3.8, 4) is 11.8 Å². The maximum Gasteiger partial charge on any atom is 0.256 e. The molecule has 0 atom stereocenters. The van der Waals surface area contributed by atoms with Crippen molar-refractivity contribution in [3.63, 3.8) is 0 Å². The lowest BCUT2D eigenvalue weighted by Crippen LogP contribution is -2.24. The fourth-order valence-electron chi connectivity index (χ4n) is 2.13. The number of amides is 1. The summed E-state index contributed by atoms with van der Waals surface area (Å²) in [5.74, 6) is 0.973. The molecule has 1 amide bonds. The first-order valence-electron chi connectivity index (χ1n) is 6.93. The average Bonchev–Trinajstić information content (AvgIpc) is 2.90. The minimum atomic E-state index is -0.244. The van der Waals surface area contributed by atoms with Gasteiger partial charge in [0, 0.05) is 17.3 Å². The van der Waals surface area contributed by atoms with Crippen LogP contribution >= 0.6 is 0 Å². The summed E-state index contributed by atoms with van der Waals surface area (Å²) in [5.41, 5.74) is 0.766. The number of carbonyl (C=O) groups excluding carboxylic acids is 1. The zero-order chi connectivity index (χ0) is 16.3. The van der Waals surface area contributed by atoms with Crippen LogP contribution in [0.2, 0.25) is 0 Å². The SMILES string of the molecule is COc1cccc(C(=O)Nc2cc(C#N)cn2C(C)(C)C)c1. The Morgan fingerprint density at radius 1 is 1.32 bits per heavy atom. The van der Waals surface area contributed by atoms with Crippen LogP contribution < -0.4 is 10.1 Å². The summed E-state index contributed by atoms with van der Waals surface area (Å²) in [6, 6.07) is 10.7. The van der Waals surface area contributed by atoms with Crippen molar-refractivity contribution < 1.29 is 9.53 Å². The molecule has 5 heteroatoms. The van der Waals surface area contributed by atoms with Crippen molar-refractivity contribution in [3.05, 3.63) is 47.7 Å². The quantitative estimate of drug-likeness (QED) is 0.944. The van der Waals surface area contributed by atoms with Gasteiger partial charge in [-0.05, 0) is 45.0 Å². The van der Waals surface area contributed by atoms with Crippen LogP contribution in [0.3, 0.4) is 0 Å². The molecular formula is C17H19N3O2. The smallest absolute Gasteiger partial charge is 0.256 e. The van der Waals surface area contributed by atoms with E-state index in [0.717, 1.165) is 0 Å². The number of aromatic nitrogens is 1. The molecule has 2 aromatic rings. The molecule has 1 N–H and O–H groups in total. The second-order valence-corrected chi connectivity index (χ2v) is 5.95. The van der Waals surface area contributed by atoms with E-state index in [1.807, 2.05) is 25.3 Å². The van der Waals surface area contributed by atoms with E-state index in [9.17, 15) is 4.79 Å². The molecule has 1 aromatic heterocycles. The highest BCUT2D eigenvalue weighted by molar-refractivity contribution is 6.04. The van der Waals surface area contributed by atoms with Gasteiger partial charge in [0.25, 0.3) is 5.91 Å². The van der Waals surface area contributed by atoms with E-state index >= 15 is 0 Å². The fourth-order valence-corrected chi connectivity index (χ4v) is 2.13. The summed E-state index contributed by atoms with van der Waals surface area (Å²) in [4.78, 5) is 12.4. The largest absolute Gasteiger partial charge is 0.497 e. The molecule has 0 fully saturated rings. The van der Waals surface area contributed by atoms with Gasteiger partial charge in [-0.3, -0.25) is 4.79 Å². The third-order valence-electron chi connectivity index (χ3n) is 3.25. The first-order valence-corrected chi connectivity index (χ1v) is 6.93. The molecule has 0 radical (unpaired) electrons. The van der Waals surface area contributed by atoms with Gasteiger partial charge in [0.2, 0.25) is 0 Å². The molecule has 1 aromatic carbocycles. The molecular weight excluding hydrogens is 278 g/mol. The van der Waals surface area contributed by atoms with Crippen molar-refractivity contribution in [1.29, 1.82) is 5.26 Å². The number of ether oxygens (including phenoxy) is 1. The number of anilines is 1. The van der Waals surface area contributed by atoms with Crippen LogP contribution in [0.1, 0.15) is 36.7 Å². The summed E-state index contributed by atoms with van der Waals surface area (Å²) in [6.45, 7) is 6.03. The van der Waals surface area contributed by atoms with Gasteiger partial charge in [0.1, 0.15) is 17.6 Å². The van der Waals surface area contributed by atoms with Crippen LogP contribution in [0.4, 0.5) is 5.82 Å². The van der Waals surface area contributed by atoms with Crippen molar-refractivity contribution in [2.45, 2.75) is 26.3 Å². The van der Waals surface area contributed by atoms with Gasteiger partial charge >= 0.3 is 0 Å². The van der Waals surface area contributed by atoms with Crippen LogP contribution in [-0.4, -0.2) is 17.6 Å². The standard InChI is InChI=1S/C17H19N3O2/c1-17(2,3)20-11-12(10-18)8-15(20)19-16(21)13-6-5-7-14(9-13)22-4/h5-9,11H,1-4H3,(H,19,21). The molecule has 0 saturated carbocycles. The Bertz CT molecular complexity index is 733. The Labute approximate surface area is 130 Å². The molecule has 1 heterocycles. The Hall–Kier alpha value is -2.74. The average molecular weight is 297 g/mol. The molecule has 22 heavy (non-hydrogen) atoms. The molecule has 0 saturated heterocycles. The summed E-state index contributed by atoms with van der Waals surface area (Å²) < 4.78 is 7.01. The van der Waals surface area contributed by atoms with E-state index in [4.69, 9.17) is 10.00 Å². The molecule has 5 nitrogen and oxygen atoms in total. The summed E-state index contributed by atoms with van der Waals surface area (Å²) in [6.07, 6.45) is 1.74. The van der Waals surface area contributed by atoms with Gasteiger partial charge in [-0.15, -0.1) is 0 Å². The molecule has 0 unspecified atom stereocenters. The normalized spacial score (nSPS) is 10.9. The lowest BCUT2D eigenvalue weighted by atomic mass is 10.1. The zero-order valence-corrected chi connectivity index (χ0v) is 13.2. The summed E-state index contributed by atoms with van der Waals surface area (Å²) in [5, 5.41) is 11.9. The van der Waals surface area contributed by atoms with E-state index < -0.39 is 0 Å². The molecule has 0 aliphatic heterocycles. The molecule has 0 aliphatic rings. The second-order valence-electron chi connectivity index (χ2n) is 5.95. The van der Waals surface area contributed by atoms with Crippen LogP contribution in [0.5, 0.6) is 5.75 Å². The predicted molar refractivity (Wildman–Crippen MR) is 85.1 cm³/mol. The van der Waals surface area contributed by atoms with Crippen molar-refractivity contribution >= 4 is 11.7 Å². The van der Waals surface area contributed by atoms with E-state index in [1.165, 1.54) is 0 Å². The van der Waals surface area contributed by atoms with Crippen LogP contribution in [-0.2, 0) is 5.54 Å². The molecule has 114 valence electrons. The van der Waals surface area contributed by atoms with E-state index in [1.54, 1.807) is 43.6 Å². The number of benzene rings is 1. The van der Waals surface area contributed by atoms with E-state index in [0.29, 0.717) is 22.7 Å². The number of rotatable bonds is 3. The van der Waals surface area contributed by atoms with Gasteiger partial charge in [0.05, 0.1) is 12.7 Å². The lowest BCUT2D eigenvalue weighted by Gasteiger charge is -2.24. The first-order chi connectivity index (χ1) is 10.3. The van der Waals surface area contributed by atoms with E-state index in [-0.39, 0.29) is 11.4 Å². The number of hydrogen-bond acceptors (Lipinski definition) is 3. The number of nitriles is 1. The monoisotopic (exact) mass is 297 g/mol. The minimum Gasteiger partial charge on any atom is -0.497 e. The highest BCUT2D eigenvalue weighted by Gasteiger charge is 2.19. The maximum atomic E-state index is 12.4. The van der Waals surface area contributed by atoms with Crippen LogP contribution in [0.25, 0.3) is 0 Å². The van der Waals surface area contributed by atoms with Gasteiger partial charge in [-0.1, -0.05) is 6.07 Å². The predicted octanol–water partition coefficient (Wildman–Crippen LogP) is 3.38. The van der Waals surface area contributed by atoms with Crippen LogP contribution in [0.15, 0.2) is 36.5 Å². The number of nitrogens with one attached hydrogen (secondary N) is 1. The molecule has 0 spiro atoms. The zero-order valence-electron chi connectivity index (χ0n) is 13.2. The Kier molecular flexibility index (Phi) is 4.22. The van der Waals surface area contributed by atoms with Gasteiger partial charge < -0.3 is 14.6 Å². The molecule has 2 rings (SSSR count). The Morgan fingerprint density at radius 3 is 2.64 bits per heavy atom. The molecule has 0 bridgehead atoms. The molecule has 0 aliphatic carbocycles. The number of methoxy groups -OCH3 is 1. The van der Waals surface area contributed by atoms with E-state index in [2.05, 4.69) is 11.4 Å². The Balaban J connectivity index is 2.32. The maximum absolute atomic E-state index is 12.4. The minimum absolute atomic E-state index is 0.244. The second kappa shape index (κ2) is 5.94. The lowest BCUT2D eigenvalue weighted by molar-refractivity contribution is 0.102. The fraction of sp³-hybridized carbons (Fsp3) is 0.294. The highest BCUT2D eigenvalue weighted by Crippen LogP contribution is 2.24. The third-order valence-corrected chi connectivity index (χ3v) is 3.25. The first kappa shape index (κ1) is 15.6. The number of nitrogens with zero attached hydrogens (tertiary/aromatic N) is 2. The third kappa shape index (κ3) is 3.29. The van der Waals surface area contributed by atoms with Crippen LogP contribution in [0, 0.1) is 11.3 Å².